The van der Waals surface area contributed by atoms with Crippen LogP contribution in [0.2, 0.25) is 0 Å². The van der Waals surface area contributed by atoms with Crippen molar-refractivity contribution >= 4 is 11.8 Å². The molecule has 1 saturated heterocycles. The molecule has 1 aliphatic carbocycles. The van der Waals surface area contributed by atoms with Crippen molar-refractivity contribution in [3.05, 3.63) is 0 Å². The minimum atomic E-state index is -1.32. The van der Waals surface area contributed by atoms with Crippen molar-refractivity contribution in [2.24, 2.45) is 0 Å². The molecule has 2 fully saturated rings. The molecule has 0 aromatic carbocycles. The lowest BCUT2D eigenvalue weighted by Crippen LogP contribution is -2.57. The van der Waals surface area contributed by atoms with Crippen molar-refractivity contribution in [3.63, 3.8) is 0 Å². The quantitative estimate of drug-likeness (QED) is 0.446. The topological polar surface area (TPSA) is 110 Å². The fourth-order valence-corrected chi connectivity index (χ4v) is 4.16. The number of aliphatic hydroxyl groups is 5. The Kier molecular flexibility index (Phi) is 5.47. The molecule has 112 valence electrons. The largest absolute Gasteiger partial charge is 0.394 e. The zero-order valence-corrected chi connectivity index (χ0v) is 11.4. The van der Waals surface area contributed by atoms with E-state index in [1.165, 1.54) is 11.8 Å². The highest BCUT2D eigenvalue weighted by molar-refractivity contribution is 8.00. The molecule has 1 heterocycles. The highest BCUT2D eigenvalue weighted by atomic mass is 32.2. The molecule has 7 atom stereocenters. The number of thioether (sulfide) groups is 1. The molecule has 7 heteroatoms. The van der Waals surface area contributed by atoms with E-state index in [2.05, 4.69) is 0 Å². The first-order valence-electron chi connectivity index (χ1n) is 6.67. The molecular weight excluding hydrogens is 272 g/mol. The van der Waals surface area contributed by atoms with Crippen LogP contribution in [-0.4, -0.2) is 73.3 Å². The normalized spacial score (nSPS) is 48.2. The number of hydrogen-bond donors (Lipinski definition) is 5. The first-order valence-corrected chi connectivity index (χ1v) is 7.61. The van der Waals surface area contributed by atoms with Gasteiger partial charge in [0.05, 0.1) is 12.7 Å². The van der Waals surface area contributed by atoms with Crippen molar-refractivity contribution in [1.29, 1.82) is 0 Å². The summed E-state index contributed by atoms with van der Waals surface area (Å²) < 4.78 is 5.44. The van der Waals surface area contributed by atoms with E-state index in [0.29, 0.717) is 6.42 Å². The van der Waals surface area contributed by atoms with Gasteiger partial charge in [-0.15, -0.1) is 11.8 Å². The molecule has 1 aliphatic heterocycles. The Morgan fingerprint density at radius 3 is 2.37 bits per heavy atom. The van der Waals surface area contributed by atoms with Gasteiger partial charge in [-0.1, -0.05) is 0 Å². The molecule has 0 aromatic heterocycles. The Bertz CT molecular complexity index is 289. The maximum Gasteiger partial charge on any atom is 0.132 e. The Morgan fingerprint density at radius 2 is 1.74 bits per heavy atom. The van der Waals surface area contributed by atoms with Crippen LogP contribution in [0.4, 0.5) is 0 Å². The van der Waals surface area contributed by atoms with Gasteiger partial charge >= 0.3 is 0 Å². The lowest BCUT2D eigenvalue weighted by Gasteiger charge is -2.41. The van der Waals surface area contributed by atoms with Crippen LogP contribution in [0.15, 0.2) is 0 Å². The van der Waals surface area contributed by atoms with Crippen molar-refractivity contribution in [2.45, 2.75) is 66.9 Å². The summed E-state index contributed by atoms with van der Waals surface area (Å²) >= 11 is 1.36. The SMILES string of the molecule is OC[C@H]1O[C@@H](SC2CCCC(O)C2)[C@H](O)[C@@H](O)[C@H]1O. The molecule has 0 radical (unpaired) electrons. The lowest BCUT2D eigenvalue weighted by molar-refractivity contribution is -0.205. The number of hydrogen-bond acceptors (Lipinski definition) is 7. The second-order valence-electron chi connectivity index (χ2n) is 5.28. The number of rotatable bonds is 3. The van der Waals surface area contributed by atoms with Crippen LogP contribution < -0.4 is 0 Å². The smallest absolute Gasteiger partial charge is 0.132 e. The molecule has 6 nitrogen and oxygen atoms in total. The molecule has 5 N–H and O–H groups in total. The Labute approximate surface area is 116 Å². The highest BCUT2D eigenvalue weighted by Crippen LogP contribution is 2.36. The third-order valence-electron chi connectivity index (χ3n) is 3.77. The molecule has 0 spiro atoms. The van der Waals surface area contributed by atoms with Crippen LogP contribution in [0.1, 0.15) is 25.7 Å². The van der Waals surface area contributed by atoms with Crippen molar-refractivity contribution in [2.75, 3.05) is 6.61 Å². The van der Waals surface area contributed by atoms with E-state index in [0.717, 1.165) is 19.3 Å². The van der Waals surface area contributed by atoms with Crippen molar-refractivity contribution < 1.29 is 30.3 Å². The van der Waals surface area contributed by atoms with E-state index in [1.54, 1.807) is 0 Å². The van der Waals surface area contributed by atoms with E-state index < -0.39 is 36.5 Å². The van der Waals surface area contributed by atoms with E-state index in [-0.39, 0.29) is 11.4 Å². The highest BCUT2D eigenvalue weighted by Gasteiger charge is 2.44. The third-order valence-corrected chi connectivity index (χ3v) is 5.24. The second kappa shape index (κ2) is 6.71. The number of aliphatic hydroxyl groups excluding tert-OH is 5. The van der Waals surface area contributed by atoms with Gasteiger partial charge in [0, 0.05) is 5.25 Å². The van der Waals surface area contributed by atoms with Crippen LogP contribution in [0, 0.1) is 0 Å². The average molecular weight is 294 g/mol. The summed E-state index contributed by atoms with van der Waals surface area (Å²) in [6.45, 7) is -0.407. The van der Waals surface area contributed by atoms with Gasteiger partial charge in [0.25, 0.3) is 0 Å². The predicted octanol–water partition coefficient (Wildman–Crippen LogP) is -1.18. The molecule has 19 heavy (non-hydrogen) atoms. The lowest BCUT2D eigenvalue weighted by atomic mass is 9.97. The van der Waals surface area contributed by atoms with Crippen LogP contribution in [0.3, 0.4) is 0 Å². The average Bonchev–Trinajstić information content (AvgIpc) is 2.39. The predicted molar refractivity (Wildman–Crippen MR) is 69.6 cm³/mol. The van der Waals surface area contributed by atoms with E-state index >= 15 is 0 Å². The molecule has 2 unspecified atom stereocenters. The zero-order valence-electron chi connectivity index (χ0n) is 10.6. The van der Waals surface area contributed by atoms with Crippen LogP contribution >= 0.6 is 11.8 Å². The van der Waals surface area contributed by atoms with E-state index in [4.69, 9.17) is 9.84 Å². The summed E-state index contributed by atoms with van der Waals surface area (Å²) in [5.74, 6) is 0. The molecule has 0 amide bonds. The standard InChI is InChI=1S/C12H22O6S/c13-5-8-9(15)10(16)11(17)12(18-8)19-7-3-1-2-6(14)4-7/h6-17H,1-5H2/t6?,7?,8-,9+,10+,11-,12+/m1/s1. The molecule has 1 saturated carbocycles. The van der Waals surface area contributed by atoms with Gasteiger partial charge in [-0.2, -0.15) is 0 Å². The molecule has 0 aromatic rings. The molecule has 2 rings (SSSR count). The zero-order chi connectivity index (χ0) is 14.0. The summed E-state index contributed by atoms with van der Waals surface area (Å²) in [7, 11) is 0. The van der Waals surface area contributed by atoms with Gasteiger partial charge in [0.15, 0.2) is 0 Å². The summed E-state index contributed by atoms with van der Waals surface area (Å²) in [5, 5.41) is 48.2. The first-order chi connectivity index (χ1) is 9.02. The van der Waals surface area contributed by atoms with Gasteiger partial charge in [-0.05, 0) is 25.7 Å². The van der Waals surface area contributed by atoms with Crippen LogP contribution in [-0.2, 0) is 4.74 Å². The van der Waals surface area contributed by atoms with Gasteiger partial charge in [0.2, 0.25) is 0 Å². The number of ether oxygens (including phenoxy) is 1. The second-order valence-corrected chi connectivity index (χ2v) is 6.68. The Balaban J connectivity index is 1.94. The van der Waals surface area contributed by atoms with Gasteiger partial charge in [0.1, 0.15) is 29.9 Å². The third kappa shape index (κ3) is 3.60. The summed E-state index contributed by atoms with van der Waals surface area (Å²) in [6, 6.07) is 0. The van der Waals surface area contributed by atoms with Gasteiger partial charge in [-0.25, -0.2) is 0 Å². The fourth-order valence-electron chi connectivity index (χ4n) is 2.61. The Hall–Kier alpha value is 0.110. The minimum Gasteiger partial charge on any atom is -0.394 e. The van der Waals surface area contributed by atoms with Crippen molar-refractivity contribution in [3.8, 4) is 0 Å². The summed E-state index contributed by atoms with van der Waals surface area (Å²) in [4.78, 5) is 0. The molecule has 0 bridgehead atoms. The first kappa shape index (κ1) is 15.5. The maximum atomic E-state index is 9.92. The van der Waals surface area contributed by atoms with Crippen LogP contribution in [0.5, 0.6) is 0 Å². The maximum absolute atomic E-state index is 9.92. The molecule has 2 aliphatic rings. The van der Waals surface area contributed by atoms with Crippen molar-refractivity contribution in [1.82, 2.24) is 0 Å². The minimum absolute atomic E-state index is 0.158. The summed E-state index contributed by atoms with van der Waals surface area (Å²) in [6.07, 6.45) is -1.72. The van der Waals surface area contributed by atoms with E-state index in [1.807, 2.05) is 0 Å². The fraction of sp³-hybridized carbons (Fsp3) is 1.00. The van der Waals surface area contributed by atoms with Gasteiger partial charge in [-0.3, -0.25) is 0 Å². The summed E-state index contributed by atoms with van der Waals surface area (Å²) in [5.41, 5.74) is -0.689. The monoisotopic (exact) mass is 294 g/mol. The van der Waals surface area contributed by atoms with Crippen LogP contribution in [0.25, 0.3) is 0 Å². The Morgan fingerprint density at radius 1 is 1.00 bits per heavy atom. The van der Waals surface area contributed by atoms with Gasteiger partial charge < -0.3 is 30.3 Å². The van der Waals surface area contributed by atoms with E-state index in [9.17, 15) is 20.4 Å². The molecular formula is C12H22O6S.